The molecule has 1 amide bonds. The lowest BCUT2D eigenvalue weighted by Gasteiger charge is -2.19. The van der Waals surface area contributed by atoms with Crippen molar-refractivity contribution in [2.75, 3.05) is 18.2 Å². The highest BCUT2D eigenvalue weighted by Gasteiger charge is 2.27. The van der Waals surface area contributed by atoms with Gasteiger partial charge in [-0.1, -0.05) is 55.5 Å². The van der Waals surface area contributed by atoms with Gasteiger partial charge in [0.15, 0.2) is 0 Å². The first-order valence-electron chi connectivity index (χ1n) is 9.71. The third-order valence-electron chi connectivity index (χ3n) is 4.52. The lowest BCUT2D eigenvalue weighted by atomic mass is 10.1. The number of esters is 1. The van der Waals surface area contributed by atoms with Crippen LogP contribution in [0.3, 0.4) is 0 Å². The molecule has 31 heavy (non-hydrogen) atoms. The van der Waals surface area contributed by atoms with Gasteiger partial charge in [-0.15, -0.1) is 0 Å². The quantitative estimate of drug-likeness (QED) is 0.530. The molecule has 0 radical (unpaired) electrons. The standard InChI is InChI=1S/C24H23NO5S/c1-3-31(28)21-15-8-7-14-20(21)24(27)30-22(17-10-5-4-6-11-17)23(26)25-18-12-9-13-19(16-18)29-2/h4-16,22H,3H2,1-2H3,(H,25,26). The summed E-state index contributed by atoms with van der Waals surface area (Å²) in [5, 5.41) is 2.76. The Morgan fingerprint density at radius 2 is 1.68 bits per heavy atom. The minimum atomic E-state index is -1.34. The number of amides is 1. The zero-order chi connectivity index (χ0) is 22.2. The van der Waals surface area contributed by atoms with E-state index in [-0.39, 0.29) is 5.56 Å². The van der Waals surface area contributed by atoms with E-state index < -0.39 is 28.8 Å². The van der Waals surface area contributed by atoms with Crippen LogP contribution in [0.1, 0.15) is 28.9 Å². The van der Waals surface area contributed by atoms with Gasteiger partial charge in [0.2, 0.25) is 6.10 Å². The van der Waals surface area contributed by atoms with Crippen LogP contribution in [0.5, 0.6) is 5.75 Å². The Morgan fingerprint density at radius 3 is 2.39 bits per heavy atom. The summed E-state index contributed by atoms with van der Waals surface area (Å²) in [5.74, 6) is -0.279. The molecule has 0 heterocycles. The summed E-state index contributed by atoms with van der Waals surface area (Å²) in [6, 6.07) is 22.2. The SMILES string of the molecule is CCS(=O)c1ccccc1C(=O)OC(C(=O)Nc1cccc(OC)c1)c1ccccc1. The first-order chi connectivity index (χ1) is 15.0. The lowest BCUT2D eigenvalue weighted by Crippen LogP contribution is -2.26. The van der Waals surface area contributed by atoms with E-state index in [1.54, 1.807) is 79.7 Å². The third kappa shape index (κ3) is 5.58. The molecule has 0 aliphatic rings. The van der Waals surface area contributed by atoms with Crippen LogP contribution in [-0.2, 0) is 20.3 Å². The predicted octanol–water partition coefficient (Wildman–Crippen LogP) is 4.36. The maximum Gasteiger partial charge on any atom is 0.340 e. The fraction of sp³-hybridized carbons (Fsp3) is 0.167. The lowest BCUT2D eigenvalue weighted by molar-refractivity contribution is -0.125. The number of ether oxygens (including phenoxy) is 2. The molecule has 2 unspecified atom stereocenters. The van der Waals surface area contributed by atoms with Gasteiger partial charge in [-0.05, 0) is 24.3 Å². The molecular formula is C24H23NO5S. The van der Waals surface area contributed by atoms with Gasteiger partial charge in [0, 0.05) is 23.1 Å². The van der Waals surface area contributed by atoms with Crippen molar-refractivity contribution in [2.45, 2.75) is 17.9 Å². The zero-order valence-corrected chi connectivity index (χ0v) is 18.1. The molecule has 0 fully saturated rings. The summed E-state index contributed by atoms with van der Waals surface area (Å²) in [7, 11) is 0.192. The molecule has 3 aromatic rings. The molecule has 0 aliphatic heterocycles. The second kappa shape index (κ2) is 10.5. The Morgan fingerprint density at radius 1 is 0.968 bits per heavy atom. The van der Waals surface area contributed by atoms with Crippen LogP contribution < -0.4 is 10.1 Å². The zero-order valence-electron chi connectivity index (χ0n) is 17.2. The summed E-state index contributed by atoms with van der Waals surface area (Å²) in [5.41, 5.74) is 1.21. The van der Waals surface area contributed by atoms with Crippen LogP contribution in [0.4, 0.5) is 5.69 Å². The molecule has 160 valence electrons. The summed E-state index contributed by atoms with van der Waals surface area (Å²) >= 11 is 0. The fourth-order valence-electron chi connectivity index (χ4n) is 2.97. The van der Waals surface area contributed by atoms with Crippen molar-refractivity contribution in [3.63, 3.8) is 0 Å². The van der Waals surface area contributed by atoms with Crippen molar-refractivity contribution in [3.8, 4) is 5.75 Å². The van der Waals surface area contributed by atoms with Gasteiger partial charge in [-0.2, -0.15) is 0 Å². The van der Waals surface area contributed by atoms with Gasteiger partial charge in [-0.25, -0.2) is 4.79 Å². The third-order valence-corrected chi connectivity index (χ3v) is 5.89. The normalized spacial score (nSPS) is 12.5. The molecule has 7 heteroatoms. The van der Waals surface area contributed by atoms with Gasteiger partial charge in [-0.3, -0.25) is 9.00 Å². The summed E-state index contributed by atoms with van der Waals surface area (Å²) in [4.78, 5) is 26.4. The van der Waals surface area contributed by atoms with Crippen LogP contribution in [0.25, 0.3) is 0 Å². The van der Waals surface area contributed by atoms with Crippen LogP contribution in [-0.4, -0.2) is 28.9 Å². The molecule has 0 spiro atoms. The Hall–Kier alpha value is -3.45. The number of hydrogen-bond donors (Lipinski definition) is 1. The van der Waals surface area contributed by atoms with Crippen LogP contribution in [0, 0.1) is 0 Å². The average Bonchev–Trinajstić information content (AvgIpc) is 2.82. The number of rotatable bonds is 8. The molecule has 2 atom stereocenters. The number of carbonyl (C=O) groups is 2. The van der Waals surface area contributed by atoms with Crippen molar-refractivity contribution >= 4 is 28.4 Å². The van der Waals surface area contributed by atoms with E-state index in [1.807, 2.05) is 6.07 Å². The van der Waals surface area contributed by atoms with Crippen molar-refractivity contribution in [1.29, 1.82) is 0 Å². The molecule has 0 aliphatic carbocycles. The molecule has 0 saturated heterocycles. The first kappa shape index (κ1) is 22.2. The summed E-state index contributed by atoms with van der Waals surface area (Å²) in [6.45, 7) is 1.77. The number of benzene rings is 3. The maximum atomic E-state index is 13.1. The second-order valence-corrected chi connectivity index (χ2v) is 8.26. The van der Waals surface area contributed by atoms with Crippen molar-refractivity contribution in [1.82, 2.24) is 0 Å². The molecule has 3 rings (SSSR count). The molecule has 1 N–H and O–H groups in total. The van der Waals surface area contributed by atoms with Gasteiger partial charge < -0.3 is 14.8 Å². The maximum absolute atomic E-state index is 13.1. The van der Waals surface area contributed by atoms with E-state index in [0.29, 0.717) is 27.6 Å². The van der Waals surface area contributed by atoms with Crippen molar-refractivity contribution < 1.29 is 23.3 Å². The van der Waals surface area contributed by atoms with E-state index in [0.717, 1.165) is 0 Å². The largest absolute Gasteiger partial charge is 0.497 e. The smallest absolute Gasteiger partial charge is 0.340 e. The van der Waals surface area contributed by atoms with E-state index >= 15 is 0 Å². The molecule has 3 aromatic carbocycles. The van der Waals surface area contributed by atoms with Gasteiger partial charge >= 0.3 is 5.97 Å². The highest BCUT2D eigenvalue weighted by atomic mass is 32.2. The Kier molecular flexibility index (Phi) is 7.56. The number of hydrogen-bond acceptors (Lipinski definition) is 5. The van der Waals surface area contributed by atoms with E-state index in [4.69, 9.17) is 9.47 Å². The minimum Gasteiger partial charge on any atom is -0.497 e. The van der Waals surface area contributed by atoms with Crippen LogP contribution in [0.2, 0.25) is 0 Å². The Bertz CT molecular complexity index is 1080. The molecule has 0 saturated carbocycles. The first-order valence-corrected chi connectivity index (χ1v) is 11.0. The number of nitrogens with one attached hydrogen (secondary N) is 1. The molecular weight excluding hydrogens is 414 g/mol. The second-order valence-electron chi connectivity index (χ2n) is 6.55. The molecule has 0 bridgehead atoms. The number of methoxy groups -OCH3 is 1. The fourth-order valence-corrected chi connectivity index (χ4v) is 3.91. The van der Waals surface area contributed by atoms with Crippen molar-refractivity contribution in [2.24, 2.45) is 0 Å². The van der Waals surface area contributed by atoms with Crippen LogP contribution >= 0.6 is 0 Å². The minimum absolute atomic E-state index is 0.179. The van der Waals surface area contributed by atoms with E-state index in [1.165, 1.54) is 7.11 Å². The number of carbonyl (C=O) groups excluding carboxylic acids is 2. The van der Waals surface area contributed by atoms with Crippen LogP contribution in [0.15, 0.2) is 83.8 Å². The van der Waals surface area contributed by atoms with Gasteiger partial charge in [0.25, 0.3) is 5.91 Å². The predicted molar refractivity (Wildman–Crippen MR) is 120 cm³/mol. The summed E-state index contributed by atoms with van der Waals surface area (Å²) < 4.78 is 23.2. The van der Waals surface area contributed by atoms with Gasteiger partial charge in [0.1, 0.15) is 5.75 Å². The van der Waals surface area contributed by atoms with Crippen molar-refractivity contribution in [3.05, 3.63) is 90.0 Å². The summed E-state index contributed by atoms with van der Waals surface area (Å²) in [6.07, 6.45) is -1.19. The Balaban J connectivity index is 1.89. The van der Waals surface area contributed by atoms with Gasteiger partial charge in [0.05, 0.1) is 28.4 Å². The molecule has 0 aromatic heterocycles. The number of anilines is 1. The van der Waals surface area contributed by atoms with E-state index in [2.05, 4.69) is 5.32 Å². The molecule has 6 nitrogen and oxygen atoms in total. The highest BCUT2D eigenvalue weighted by Crippen LogP contribution is 2.25. The van der Waals surface area contributed by atoms with E-state index in [9.17, 15) is 13.8 Å². The Labute approximate surface area is 183 Å². The monoisotopic (exact) mass is 437 g/mol. The highest BCUT2D eigenvalue weighted by molar-refractivity contribution is 7.85. The topological polar surface area (TPSA) is 81.7 Å². The average molecular weight is 438 g/mol.